The number of carbonyl (C=O) groups is 1. The summed E-state index contributed by atoms with van der Waals surface area (Å²) < 4.78 is 7.54. The van der Waals surface area contributed by atoms with Gasteiger partial charge in [0.2, 0.25) is 5.91 Å². The summed E-state index contributed by atoms with van der Waals surface area (Å²) in [7, 11) is 1.85. The minimum Gasteiger partial charge on any atom is -0.486 e. The van der Waals surface area contributed by atoms with Crippen LogP contribution in [-0.4, -0.2) is 26.4 Å². The molecule has 0 radical (unpaired) electrons. The van der Waals surface area contributed by atoms with E-state index < -0.39 is 0 Å². The van der Waals surface area contributed by atoms with Crippen LogP contribution in [0.5, 0.6) is 5.75 Å². The number of nitrogens with zero attached hydrogens (tertiary/aromatic N) is 3. The molecule has 4 rings (SSSR count). The fraction of sp³-hybridized carbons (Fsp3) is 0.136. The third-order valence-corrected chi connectivity index (χ3v) is 5.77. The summed E-state index contributed by atoms with van der Waals surface area (Å²) in [6.45, 7) is 0.272. The summed E-state index contributed by atoms with van der Waals surface area (Å²) in [5.41, 5.74) is 0.800. The van der Waals surface area contributed by atoms with Gasteiger partial charge < -0.3 is 14.6 Å². The quantitative estimate of drug-likeness (QED) is 0.414. The van der Waals surface area contributed by atoms with Crippen LogP contribution in [-0.2, 0) is 18.4 Å². The first-order chi connectivity index (χ1) is 14.6. The maximum absolute atomic E-state index is 12.5. The summed E-state index contributed by atoms with van der Waals surface area (Å²) in [5.74, 6) is 1.50. The minimum atomic E-state index is -0.0988. The molecule has 30 heavy (non-hydrogen) atoms. The molecule has 0 aliphatic rings. The Labute approximate surface area is 183 Å². The number of benzene rings is 3. The number of ether oxygens (including phenoxy) is 1. The normalized spacial score (nSPS) is 10.9. The molecule has 8 heteroatoms. The zero-order valence-corrected chi connectivity index (χ0v) is 17.8. The first-order valence-electron chi connectivity index (χ1n) is 9.27. The fourth-order valence-corrected chi connectivity index (χ4v) is 3.78. The van der Waals surface area contributed by atoms with Gasteiger partial charge in [-0.1, -0.05) is 59.8 Å². The molecule has 0 bridgehead atoms. The lowest BCUT2D eigenvalue weighted by atomic mass is 10.1. The molecule has 3 aromatic carbocycles. The van der Waals surface area contributed by atoms with Crippen LogP contribution >= 0.6 is 23.4 Å². The number of carbonyl (C=O) groups excluding carboxylic acids is 1. The minimum absolute atomic E-state index is 0.0988. The first-order valence-corrected chi connectivity index (χ1v) is 10.6. The topological polar surface area (TPSA) is 69.0 Å². The second kappa shape index (κ2) is 9.19. The van der Waals surface area contributed by atoms with Gasteiger partial charge in [0.05, 0.1) is 5.75 Å². The molecule has 0 aliphatic carbocycles. The van der Waals surface area contributed by atoms with Crippen molar-refractivity contribution in [1.29, 1.82) is 0 Å². The molecule has 0 saturated heterocycles. The fourth-order valence-electron chi connectivity index (χ4n) is 2.93. The maximum Gasteiger partial charge on any atom is 0.234 e. The third kappa shape index (κ3) is 4.75. The van der Waals surface area contributed by atoms with Crippen LogP contribution in [0.15, 0.2) is 71.9 Å². The SMILES string of the molecule is Cn1c(COc2ccc(Cl)cc2)nnc1SCC(=O)Nc1cccc2ccccc12. The molecule has 152 valence electrons. The van der Waals surface area contributed by atoms with Crippen LogP contribution < -0.4 is 10.1 Å². The Bertz CT molecular complexity index is 1170. The molecule has 0 spiro atoms. The van der Waals surface area contributed by atoms with Crippen LogP contribution in [0.4, 0.5) is 5.69 Å². The second-order valence-corrected chi connectivity index (χ2v) is 7.94. The molecule has 1 heterocycles. The molecule has 0 atom stereocenters. The van der Waals surface area contributed by atoms with Gasteiger partial charge in [-0.2, -0.15) is 0 Å². The highest BCUT2D eigenvalue weighted by molar-refractivity contribution is 7.99. The van der Waals surface area contributed by atoms with Crippen LogP contribution in [0.2, 0.25) is 5.02 Å². The smallest absolute Gasteiger partial charge is 0.234 e. The standard InChI is InChI=1S/C22H19ClN4O2S/c1-27-20(13-29-17-11-9-16(23)10-12-17)25-26-22(27)30-14-21(28)24-19-8-4-6-15-5-2-3-7-18(15)19/h2-12H,13-14H2,1H3,(H,24,28). The number of anilines is 1. The average molecular weight is 439 g/mol. The van der Waals surface area contributed by atoms with Gasteiger partial charge in [0.25, 0.3) is 0 Å². The van der Waals surface area contributed by atoms with Crippen molar-refractivity contribution in [3.8, 4) is 5.75 Å². The number of hydrogen-bond acceptors (Lipinski definition) is 5. The number of halogens is 1. The average Bonchev–Trinajstić information content (AvgIpc) is 3.11. The monoisotopic (exact) mass is 438 g/mol. The third-order valence-electron chi connectivity index (χ3n) is 4.50. The van der Waals surface area contributed by atoms with Crippen molar-refractivity contribution in [3.63, 3.8) is 0 Å². The highest BCUT2D eigenvalue weighted by Crippen LogP contribution is 2.24. The van der Waals surface area contributed by atoms with E-state index in [1.54, 1.807) is 24.3 Å². The number of nitrogens with one attached hydrogen (secondary N) is 1. The Hall–Kier alpha value is -3.03. The molecule has 0 fully saturated rings. The van der Waals surface area contributed by atoms with Gasteiger partial charge in [-0.25, -0.2) is 0 Å². The summed E-state index contributed by atoms with van der Waals surface area (Å²) in [6.07, 6.45) is 0. The molecule has 4 aromatic rings. The summed E-state index contributed by atoms with van der Waals surface area (Å²) in [6, 6.07) is 20.9. The number of rotatable bonds is 7. The summed E-state index contributed by atoms with van der Waals surface area (Å²) >= 11 is 7.21. The van der Waals surface area contributed by atoms with Gasteiger partial charge in [0, 0.05) is 23.1 Å². The van der Waals surface area contributed by atoms with Crippen LogP contribution in [0, 0.1) is 0 Å². The zero-order valence-electron chi connectivity index (χ0n) is 16.2. The molecular formula is C22H19ClN4O2S. The number of amides is 1. The van der Waals surface area contributed by atoms with Crippen molar-refractivity contribution in [2.24, 2.45) is 7.05 Å². The van der Waals surface area contributed by atoms with E-state index in [-0.39, 0.29) is 18.3 Å². The second-order valence-electron chi connectivity index (χ2n) is 6.56. The van der Waals surface area contributed by atoms with E-state index in [1.165, 1.54) is 11.8 Å². The van der Waals surface area contributed by atoms with Crippen molar-refractivity contribution < 1.29 is 9.53 Å². The predicted octanol–water partition coefficient (Wildman–Crippen LogP) is 4.93. The van der Waals surface area contributed by atoms with E-state index in [4.69, 9.17) is 16.3 Å². The molecule has 1 aromatic heterocycles. The lowest BCUT2D eigenvalue weighted by Crippen LogP contribution is -2.14. The van der Waals surface area contributed by atoms with E-state index >= 15 is 0 Å². The Morgan fingerprint density at radius 2 is 1.83 bits per heavy atom. The van der Waals surface area contributed by atoms with Gasteiger partial charge in [-0.05, 0) is 35.7 Å². The molecule has 1 N–H and O–H groups in total. The largest absolute Gasteiger partial charge is 0.486 e. The summed E-state index contributed by atoms with van der Waals surface area (Å²) in [5, 5.41) is 14.7. The molecule has 6 nitrogen and oxygen atoms in total. The Morgan fingerprint density at radius 3 is 2.67 bits per heavy atom. The molecule has 0 unspecified atom stereocenters. The van der Waals surface area contributed by atoms with Gasteiger partial charge >= 0.3 is 0 Å². The van der Waals surface area contributed by atoms with Crippen molar-refractivity contribution in [1.82, 2.24) is 14.8 Å². The zero-order chi connectivity index (χ0) is 20.9. The van der Waals surface area contributed by atoms with E-state index in [0.717, 1.165) is 16.5 Å². The first kappa shape index (κ1) is 20.3. The van der Waals surface area contributed by atoms with Gasteiger partial charge in [-0.15, -0.1) is 10.2 Å². The van der Waals surface area contributed by atoms with Crippen LogP contribution in [0.3, 0.4) is 0 Å². The van der Waals surface area contributed by atoms with Crippen LogP contribution in [0.25, 0.3) is 10.8 Å². The van der Waals surface area contributed by atoms with Crippen molar-refractivity contribution in [2.75, 3.05) is 11.1 Å². The molecule has 0 saturated carbocycles. The summed E-state index contributed by atoms with van der Waals surface area (Å²) in [4.78, 5) is 12.5. The Balaban J connectivity index is 1.34. The molecule has 1 amide bonds. The molecular weight excluding hydrogens is 420 g/mol. The van der Waals surface area contributed by atoms with Crippen LogP contribution in [0.1, 0.15) is 5.82 Å². The Kier molecular flexibility index (Phi) is 6.21. The highest BCUT2D eigenvalue weighted by Gasteiger charge is 2.13. The van der Waals surface area contributed by atoms with Crippen molar-refractivity contribution in [3.05, 3.63) is 77.6 Å². The number of thioether (sulfide) groups is 1. The van der Waals surface area contributed by atoms with E-state index in [0.29, 0.717) is 21.8 Å². The van der Waals surface area contributed by atoms with Crippen molar-refractivity contribution >= 4 is 45.7 Å². The lowest BCUT2D eigenvalue weighted by Gasteiger charge is -2.09. The predicted molar refractivity (Wildman–Crippen MR) is 120 cm³/mol. The Morgan fingerprint density at radius 1 is 1.07 bits per heavy atom. The number of aromatic nitrogens is 3. The number of fused-ring (bicyclic) bond motifs is 1. The maximum atomic E-state index is 12.5. The van der Waals surface area contributed by atoms with Gasteiger partial charge in [0.15, 0.2) is 11.0 Å². The number of hydrogen-bond donors (Lipinski definition) is 1. The van der Waals surface area contributed by atoms with Gasteiger partial charge in [0.1, 0.15) is 12.4 Å². The van der Waals surface area contributed by atoms with Gasteiger partial charge in [-0.3, -0.25) is 4.79 Å². The van der Waals surface area contributed by atoms with Crippen molar-refractivity contribution in [2.45, 2.75) is 11.8 Å². The van der Waals surface area contributed by atoms with E-state index in [1.807, 2.05) is 54.1 Å². The van der Waals surface area contributed by atoms with E-state index in [2.05, 4.69) is 15.5 Å². The van der Waals surface area contributed by atoms with E-state index in [9.17, 15) is 4.79 Å². The lowest BCUT2D eigenvalue weighted by molar-refractivity contribution is -0.113. The highest BCUT2D eigenvalue weighted by atomic mass is 35.5. The molecule has 0 aliphatic heterocycles.